The van der Waals surface area contributed by atoms with E-state index in [0.717, 1.165) is 6.42 Å². The van der Waals surface area contributed by atoms with Crippen LogP contribution in [0.15, 0.2) is 23.1 Å². The van der Waals surface area contributed by atoms with Gasteiger partial charge in [0.1, 0.15) is 0 Å². The lowest BCUT2D eigenvalue weighted by Gasteiger charge is -2.13. The van der Waals surface area contributed by atoms with Crippen molar-refractivity contribution < 1.29 is 17.9 Å². The van der Waals surface area contributed by atoms with Gasteiger partial charge in [0.15, 0.2) is 11.5 Å². The maximum absolute atomic E-state index is 11.9. The average molecular weight is 257 g/mol. The molecule has 0 fully saturated rings. The minimum absolute atomic E-state index is 0.215. The van der Waals surface area contributed by atoms with Crippen LogP contribution in [0.2, 0.25) is 0 Å². The maximum atomic E-state index is 11.9. The van der Waals surface area contributed by atoms with Gasteiger partial charge < -0.3 is 9.47 Å². The number of hydrogen-bond donors (Lipinski definition) is 0. The van der Waals surface area contributed by atoms with Gasteiger partial charge in [-0.1, -0.05) is 0 Å². The van der Waals surface area contributed by atoms with E-state index in [-0.39, 0.29) is 4.90 Å². The van der Waals surface area contributed by atoms with E-state index in [0.29, 0.717) is 24.7 Å². The predicted octanol–water partition coefficient (Wildman–Crippen LogP) is 1.10. The Balaban J connectivity index is 2.43. The third-order valence-electron chi connectivity index (χ3n) is 2.50. The number of nitrogens with zero attached hydrogens (tertiary/aromatic N) is 1. The van der Waals surface area contributed by atoms with Gasteiger partial charge in [-0.3, -0.25) is 0 Å². The molecule has 0 saturated carbocycles. The van der Waals surface area contributed by atoms with Gasteiger partial charge in [-0.2, -0.15) is 0 Å². The third-order valence-corrected chi connectivity index (χ3v) is 4.31. The van der Waals surface area contributed by atoms with Crippen LogP contribution in [0.5, 0.6) is 11.5 Å². The summed E-state index contributed by atoms with van der Waals surface area (Å²) in [4.78, 5) is 0.215. The molecule has 6 heteroatoms. The highest BCUT2D eigenvalue weighted by atomic mass is 32.2. The Bertz CT molecular complexity index is 510. The van der Waals surface area contributed by atoms with Gasteiger partial charge in [-0.25, -0.2) is 12.7 Å². The lowest BCUT2D eigenvalue weighted by molar-refractivity contribution is 0.297. The van der Waals surface area contributed by atoms with E-state index >= 15 is 0 Å². The number of sulfonamides is 1. The maximum Gasteiger partial charge on any atom is 0.242 e. The Labute approximate surface area is 101 Å². The van der Waals surface area contributed by atoms with Crippen molar-refractivity contribution in [2.24, 2.45) is 0 Å². The first-order valence-electron chi connectivity index (χ1n) is 5.34. The highest BCUT2D eigenvalue weighted by molar-refractivity contribution is 7.89. The average Bonchev–Trinajstić information content (AvgIpc) is 2.52. The SMILES string of the molecule is CN(C)S(=O)(=O)c1ccc2c(c1)OCCCO2. The summed E-state index contributed by atoms with van der Waals surface area (Å²) in [6, 6.07) is 4.68. The van der Waals surface area contributed by atoms with Crippen molar-refractivity contribution in [3.8, 4) is 11.5 Å². The largest absolute Gasteiger partial charge is 0.490 e. The summed E-state index contributed by atoms with van der Waals surface area (Å²) in [5.41, 5.74) is 0. The fourth-order valence-electron chi connectivity index (χ4n) is 1.51. The number of fused-ring (bicyclic) bond motifs is 1. The normalized spacial score (nSPS) is 15.7. The molecule has 1 aromatic rings. The second kappa shape index (κ2) is 4.54. The van der Waals surface area contributed by atoms with Crippen LogP contribution >= 0.6 is 0 Å². The standard InChI is InChI=1S/C11H15NO4S/c1-12(2)17(13,14)9-4-5-10-11(8-9)16-7-3-6-15-10/h4-5,8H,3,6-7H2,1-2H3. The number of ether oxygens (including phenoxy) is 2. The summed E-state index contributed by atoms with van der Waals surface area (Å²) in [5.74, 6) is 1.09. The molecular weight excluding hydrogens is 242 g/mol. The lowest BCUT2D eigenvalue weighted by atomic mass is 10.3. The van der Waals surface area contributed by atoms with E-state index in [4.69, 9.17) is 9.47 Å². The number of rotatable bonds is 2. The van der Waals surface area contributed by atoms with Crippen molar-refractivity contribution in [2.75, 3.05) is 27.3 Å². The summed E-state index contributed by atoms with van der Waals surface area (Å²) in [6.07, 6.45) is 0.796. The predicted molar refractivity (Wildman–Crippen MR) is 62.9 cm³/mol. The summed E-state index contributed by atoms with van der Waals surface area (Å²) in [7, 11) is -0.428. The van der Waals surface area contributed by atoms with Crippen LogP contribution in [0.4, 0.5) is 0 Å². The molecule has 1 aliphatic heterocycles. The van der Waals surface area contributed by atoms with Gasteiger partial charge in [0.05, 0.1) is 18.1 Å². The molecule has 17 heavy (non-hydrogen) atoms. The Hall–Kier alpha value is -1.27. The molecule has 0 unspecified atom stereocenters. The van der Waals surface area contributed by atoms with E-state index < -0.39 is 10.0 Å². The molecule has 0 saturated heterocycles. The molecule has 0 radical (unpaired) electrons. The molecule has 5 nitrogen and oxygen atoms in total. The molecule has 0 N–H and O–H groups in total. The van der Waals surface area contributed by atoms with E-state index in [2.05, 4.69) is 0 Å². The van der Waals surface area contributed by atoms with Gasteiger partial charge in [0.25, 0.3) is 0 Å². The van der Waals surface area contributed by atoms with Gasteiger partial charge in [0, 0.05) is 26.6 Å². The van der Waals surface area contributed by atoms with Crippen LogP contribution < -0.4 is 9.47 Å². The first-order valence-corrected chi connectivity index (χ1v) is 6.78. The van der Waals surface area contributed by atoms with Crippen LogP contribution in [-0.4, -0.2) is 40.0 Å². The van der Waals surface area contributed by atoms with E-state index in [1.165, 1.54) is 30.5 Å². The Morgan fingerprint density at radius 3 is 2.41 bits per heavy atom. The van der Waals surface area contributed by atoms with Crippen molar-refractivity contribution in [1.82, 2.24) is 4.31 Å². The van der Waals surface area contributed by atoms with E-state index in [9.17, 15) is 8.42 Å². The zero-order valence-corrected chi connectivity index (χ0v) is 10.7. The van der Waals surface area contributed by atoms with Crippen LogP contribution in [-0.2, 0) is 10.0 Å². The fourth-order valence-corrected chi connectivity index (χ4v) is 2.43. The van der Waals surface area contributed by atoms with Crippen molar-refractivity contribution in [3.63, 3.8) is 0 Å². The molecule has 0 bridgehead atoms. The Kier molecular flexibility index (Phi) is 3.26. The summed E-state index contributed by atoms with van der Waals surface area (Å²) in [5, 5.41) is 0. The number of hydrogen-bond acceptors (Lipinski definition) is 4. The molecular formula is C11H15NO4S. The molecule has 0 atom stereocenters. The first-order chi connectivity index (χ1) is 8.01. The van der Waals surface area contributed by atoms with Gasteiger partial charge in [0.2, 0.25) is 10.0 Å². The minimum Gasteiger partial charge on any atom is -0.490 e. The highest BCUT2D eigenvalue weighted by Crippen LogP contribution is 2.32. The molecule has 0 aromatic heterocycles. The van der Waals surface area contributed by atoms with E-state index in [1.807, 2.05) is 0 Å². The molecule has 1 heterocycles. The van der Waals surface area contributed by atoms with E-state index in [1.54, 1.807) is 6.07 Å². The highest BCUT2D eigenvalue weighted by Gasteiger charge is 2.20. The molecule has 1 aliphatic rings. The summed E-state index contributed by atoms with van der Waals surface area (Å²) in [6.45, 7) is 1.13. The number of benzene rings is 1. The van der Waals surface area contributed by atoms with Crippen molar-refractivity contribution in [2.45, 2.75) is 11.3 Å². The zero-order valence-electron chi connectivity index (χ0n) is 9.84. The summed E-state index contributed by atoms with van der Waals surface area (Å²) < 4.78 is 35.9. The molecule has 0 aliphatic carbocycles. The summed E-state index contributed by atoms with van der Waals surface area (Å²) >= 11 is 0. The van der Waals surface area contributed by atoms with Crippen LogP contribution in [0.3, 0.4) is 0 Å². The Morgan fingerprint density at radius 1 is 1.12 bits per heavy atom. The molecule has 0 spiro atoms. The first kappa shape index (κ1) is 12.2. The van der Waals surface area contributed by atoms with Gasteiger partial charge in [-0.15, -0.1) is 0 Å². The fraction of sp³-hybridized carbons (Fsp3) is 0.455. The van der Waals surface area contributed by atoms with Gasteiger partial charge in [-0.05, 0) is 12.1 Å². The second-order valence-electron chi connectivity index (χ2n) is 3.95. The van der Waals surface area contributed by atoms with Gasteiger partial charge >= 0.3 is 0 Å². The minimum atomic E-state index is -3.42. The third kappa shape index (κ3) is 2.37. The monoisotopic (exact) mass is 257 g/mol. The smallest absolute Gasteiger partial charge is 0.242 e. The molecule has 1 aromatic carbocycles. The van der Waals surface area contributed by atoms with Crippen LogP contribution in [0.1, 0.15) is 6.42 Å². The molecule has 0 amide bonds. The Morgan fingerprint density at radius 2 is 1.76 bits per heavy atom. The lowest BCUT2D eigenvalue weighted by Crippen LogP contribution is -2.22. The molecule has 2 rings (SSSR count). The van der Waals surface area contributed by atoms with Crippen molar-refractivity contribution in [3.05, 3.63) is 18.2 Å². The van der Waals surface area contributed by atoms with Crippen molar-refractivity contribution in [1.29, 1.82) is 0 Å². The zero-order chi connectivity index (χ0) is 12.5. The molecule has 94 valence electrons. The van der Waals surface area contributed by atoms with Crippen LogP contribution in [0, 0.1) is 0 Å². The quantitative estimate of drug-likeness (QED) is 0.796. The van der Waals surface area contributed by atoms with Crippen LogP contribution in [0.25, 0.3) is 0 Å². The van der Waals surface area contributed by atoms with Crippen molar-refractivity contribution >= 4 is 10.0 Å². The second-order valence-corrected chi connectivity index (χ2v) is 6.10. The topological polar surface area (TPSA) is 55.8 Å².